The van der Waals surface area contributed by atoms with Crippen LogP contribution < -0.4 is 5.32 Å². The number of anilines is 1. The highest BCUT2D eigenvalue weighted by Crippen LogP contribution is 2.27. The van der Waals surface area contributed by atoms with Crippen LogP contribution in [0.1, 0.15) is 6.42 Å². The van der Waals surface area contributed by atoms with Gasteiger partial charge in [0.15, 0.2) is 15.6 Å². The summed E-state index contributed by atoms with van der Waals surface area (Å²) in [6.07, 6.45) is -0.271. The third-order valence-corrected chi connectivity index (χ3v) is 6.06. The first kappa shape index (κ1) is 19.2. The van der Waals surface area contributed by atoms with Crippen molar-refractivity contribution >= 4 is 44.3 Å². The van der Waals surface area contributed by atoms with Crippen LogP contribution in [-0.4, -0.2) is 30.3 Å². The van der Waals surface area contributed by atoms with Gasteiger partial charge in [-0.15, -0.1) is 5.10 Å². The maximum atomic E-state index is 12.3. The SMILES string of the molecule is O=C(CCS(=O)(=O)c1ccc(Cl)cc1)Nc1nnc(-c2cc3ccccc3o2)o1. The number of halogens is 1. The summed E-state index contributed by atoms with van der Waals surface area (Å²) in [7, 11) is -3.62. The minimum absolute atomic E-state index is 0.0969. The molecule has 29 heavy (non-hydrogen) atoms. The summed E-state index contributed by atoms with van der Waals surface area (Å²) in [6.45, 7) is 0. The highest BCUT2D eigenvalue weighted by molar-refractivity contribution is 7.91. The molecule has 0 bridgehead atoms. The number of aromatic nitrogens is 2. The molecule has 4 aromatic rings. The molecule has 0 fully saturated rings. The van der Waals surface area contributed by atoms with E-state index in [2.05, 4.69) is 15.5 Å². The quantitative estimate of drug-likeness (QED) is 0.491. The van der Waals surface area contributed by atoms with E-state index in [1.807, 2.05) is 18.2 Å². The van der Waals surface area contributed by atoms with E-state index in [4.69, 9.17) is 20.4 Å². The Morgan fingerprint density at radius 2 is 1.79 bits per heavy atom. The van der Waals surface area contributed by atoms with Gasteiger partial charge in [0, 0.05) is 16.8 Å². The van der Waals surface area contributed by atoms with Crippen LogP contribution in [0.2, 0.25) is 5.02 Å². The van der Waals surface area contributed by atoms with Crippen LogP contribution in [-0.2, 0) is 14.6 Å². The Bertz CT molecular complexity index is 1250. The Kier molecular flexibility index (Phi) is 5.08. The van der Waals surface area contributed by atoms with Crippen molar-refractivity contribution in [2.45, 2.75) is 11.3 Å². The maximum absolute atomic E-state index is 12.3. The first-order valence-corrected chi connectivity index (χ1v) is 10.5. The van der Waals surface area contributed by atoms with E-state index in [1.54, 1.807) is 12.1 Å². The van der Waals surface area contributed by atoms with Gasteiger partial charge in [-0.1, -0.05) is 34.9 Å². The van der Waals surface area contributed by atoms with Crippen molar-refractivity contribution in [3.63, 3.8) is 0 Å². The van der Waals surface area contributed by atoms with Gasteiger partial charge in [0.2, 0.25) is 5.91 Å². The molecule has 0 radical (unpaired) electrons. The minimum atomic E-state index is -3.62. The summed E-state index contributed by atoms with van der Waals surface area (Å²) in [5.41, 5.74) is 0.665. The molecule has 0 saturated carbocycles. The third kappa shape index (κ3) is 4.30. The van der Waals surface area contributed by atoms with E-state index < -0.39 is 15.7 Å². The Balaban J connectivity index is 1.39. The lowest BCUT2D eigenvalue weighted by Gasteiger charge is -2.04. The number of rotatable bonds is 6. The van der Waals surface area contributed by atoms with Crippen LogP contribution in [0.15, 0.2) is 68.3 Å². The topological polar surface area (TPSA) is 115 Å². The molecule has 8 nitrogen and oxygen atoms in total. The van der Waals surface area contributed by atoms with Gasteiger partial charge in [0.1, 0.15) is 5.58 Å². The molecule has 0 saturated heterocycles. The number of fused-ring (bicyclic) bond motifs is 1. The van der Waals surface area contributed by atoms with Crippen LogP contribution in [0.4, 0.5) is 6.01 Å². The van der Waals surface area contributed by atoms with Crippen LogP contribution in [0.5, 0.6) is 0 Å². The molecule has 1 amide bonds. The van der Waals surface area contributed by atoms with Crippen molar-refractivity contribution in [1.82, 2.24) is 10.2 Å². The largest absolute Gasteiger partial charge is 0.451 e. The number of carbonyl (C=O) groups is 1. The van der Waals surface area contributed by atoms with Gasteiger partial charge in [0.25, 0.3) is 5.89 Å². The zero-order chi connectivity index (χ0) is 20.4. The van der Waals surface area contributed by atoms with E-state index in [0.29, 0.717) is 16.4 Å². The van der Waals surface area contributed by atoms with Gasteiger partial charge in [-0.2, -0.15) is 0 Å². The van der Waals surface area contributed by atoms with Crippen LogP contribution in [0.3, 0.4) is 0 Å². The number of nitrogens with one attached hydrogen (secondary N) is 1. The average Bonchev–Trinajstić information content (AvgIpc) is 3.33. The van der Waals surface area contributed by atoms with Gasteiger partial charge < -0.3 is 8.83 Å². The molecule has 0 spiro atoms. The Morgan fingerprint density at radius 1 is 1.03 bits per heavy atom. The summed E-state index contributed by atoms with van der Waals surface area (Å²) < 4.78 is 35.6. The number of para-hydroxylation sites is 1. The molecular weight excluding hydrogens is 418 g/mol. The summed E-state index contributed by atoms with van der Waals surface area (Å²) >= 11 is 5.76. The minimum Gasteiger partial charge on any atom is -0.451 e. The van der Waals surface area contributed by atoms with Crippen molar-refractivity contribution < 1.29 is 22.0 Å². The second-order valence-electron chi connectivity index (χ2n) is 6.13. The summed E-state index contributed by atoms with van der Waals surface area (Å²) in [4.78, 5) is 12.2. The highest BCUT2D eigenvalue weighted by Gasteiger charge is 2.19. The van der Waals surface area contributed by atoms with Gasteiger partial charge in [-0.3, -0.25) is 10.1 Å². The van der Waals surface area contributed by atoms with Crippen LogP contribution >= 0.6 is 11.6 Å². The number of sulfone groups is 1. The van der Waals surface area contributed by atoms with Gasteiger partial charge >= 0.3 is 6.01 Å². The zero-order valence-corrected chi connectivity index (χ0v) is 16.4. The van der Waals surface area contributed by atoms with E-state index in [0.717, 1.165) is 5.39 Å². The molecule has 0 aliphatic carbocycles. The molecule has 2 heterocycles. The average molecular weight is 432 g/mol. The first-order chi connectivity index (χ1) is 13.9. The fourth-order valence-electron chi connectivity index (χ4n) is 2.63. The van der Waals surface area contributed by atoms with Crippen LogP contribution in [0, 0.1) is 0 Å². The van der Waals surface area contributed by atoms with Crippen LogP contribution in [0.25, 0.3) is 22.6 Å². The molecule has 0 atom stereocenters. The predicted molar refractivity (Wildman–Crippen MR) is 106 cm³/mol. The Morgan fingerprint density at radius 3 is 2.55 bits per heavy atom. The molecular formula is C19H14ClN3O5S. The van der Waals surface area contributed by atoms with Gasteiger partial charge in [-0.25, -0.2) is 8.42 Å². The maximum Gasteiger partial charge on any atom is 0.322 e. The second-order valence-corrected chi connectivity index (χ2v) is 8.68. The molecule has 10 heteroatoms. The molecule has 0 aliphatic rings. The van der Waals surface area contributed by atoms with Gasteiger partial charge in [0.05, 0.1) is 10.6 Å². The van der Waals surface area contributed by atoms with Crippen molar-refractivity contribution in [3.05, 3.63) is 59.6 Å². The van der Waals surface area contributed by atoms with Crippen molar-refractivity contribution in [1.29, 1.82) is 0 Å². The van der Waals surface area contributed by atoms with E-state index in [9.17, 15) is 13.2 Å². The molecule has 2 aromatic carbocycles. The zero-order valence-electron chi connectivity index (χ0n) is 14.8. The monoisotopic (exact) mass is 431 g/mol. The number of nitrogens with zero attached hydrogens (tertiary/aromatic N) is 2. The Hall–Kier alpha value is -3.17. The van der Waals surface area contributed by atoms with E-state index in [1.165, 1.54) is 24.3 Å². The summed E-state index contributed by atoms with van der Waals surface area (Å²) in [6, 6.07) is 14.7. The van der Waals surface area contributed by atoms with E-state index in [-0.39, 0.29) is 29.0 Å². The lowest BCUT2D eigenvalue weighted by Crippen LogP contribution is -2.17. The molecule has 2 aromatic heterocycles. The molecule has 1 N–H and O–H groups in total. The lowest BCUT2D eigenvalue weighted by atomic mass is 10.2. The van der Waals surface area contributed by atoms with Crippen molar-refractivity contribution in [2.24, 2.45) is 0 Å². The fraction of sp³-hybridized carbons (Fsp3) is 0.105. The molecule has 148 valence electrons. The normalized spacial score (nSPS) is 11.6. The predicted octanol–water partition coefficient (Wildman–Crippen LogP) is 3.94. The number of hydrogen-bond acceptors (Lipinski definition) is 7. The first-order valence-electron chi connectivity index (χ1n) is 8.51. The van der Waals surface area contributed by atoms with Crippen molar-refractivity contribution in [2.75, 3.05) is 11.1 Å². The van der Waals surface area contributed by atoms with Gasteiger partial charge in [-0.05, 0) is 36.4 Å². The molecule has 0 aliphatic heterocycles. The Labute approximate surface area is 170 Å². The summed E-state index contributed by atoms with van der Waals surface area (Å²) in [5, 5.41) is 11.3. The van der Waals surface area contributed by atoms with Crippen molar-refractivity contribution in [3.8, 4) is 11.7 Å². The molecule has 0 unspecified atom stereocenters. The number of furan rings is 1. The number of carbonyl (C=O) groups excluding carboxylic acids is 1. The number of benzene rings is 2. The smallest absolute Gasteiger partial charge is 0.322 e. The third-order valence-electron chi connectivity index (χ3n) is 4.08. The van der Waals surface area contributed by atoms with E-state index >= 15 is 0 Å². The summed E-state index contributed by atoms with van der Waals surface area (Å²) in [5.74, 6) is -0.470. The fourth-order valence-corrected chi connectivity index (χ4v) is 4.00. The number of hydrogen-bond donors (Lipinski definition) is 1. The molecule has 4 rings (SSSR count). The highest BCUT2D eigenvalue weighted by atomic mass is 35.5. The lowest BCUT2D eigenvalue weighted by molar-refractivity contribution is -0.115. The number of amides is 1. The second kappa shape index (κ2) is 7.69. The standard InChI is InChI=1S/C19H14ClN3O5S/c20-13-5-7-14(8-6-13)29(25,26)10-9-17(24)21-19-23-22-18(28-19)16-11-12-3-1-2-4-15(12)27-16/h1-8,11H,9-10H2,(H,21,23,24).